The van der Waals surface area contributed by atoms with E-state index >= 15 is 0 Å². The molecule has 0 aromatic heterocycles. The Labute approximate surface area is 125 Å². The molecule has 0 aliphatic heterocycles. The molecule has 0 amide bonds. The number of likely N-dealkylation sites (N-methyl/N-ethyl adjacent to an activating group) is 1. The van der Waals surface area contributed by atoms with E-state index in [0.717, 1.165) is 17.0 Å². The fourth-order valence-electron chi connectivity index (χ4n) is 2.44. The van der Waals surface area contributed by atoms with Gasteiger partial charge < -0.3 is 19.8 Å². The molecule has 2 atom stereocenters. The van der Waals surface area contributed by atoms with Crippen LogP contribution in [0, 0.1) is 0 Å². The molecule has 4 heteroatoms. The highest BCUT2D eigenvalue weighted by atomic mass is 16.5. The lowest BCUT2D eigenvalue weighted by molar-refractivity contribution is 0.0726. The van der Waals surface area contributed by atoms with Crippen LogP contribution >= 0.6 is 0 Å². The number of benzene rings is 2. The molecule has 0 spiro atoms. The maximum Gasteiger partial charge on any atom is 0.120 e. The first-order valence-electron chi connectivity index (χ1n) is 6.88. The molecule has 0 radical (unpaired) electrons. The number of rotatable bonds is 6. The van der Waals surface area contributed by atoms with Crippen molar-refractivity contribution in [2.45, 2.75) is 12.1 Å². The van der Waals surface area contributed by atoms with Gasteiger partial charge in [0, 0.05) is 18.8 Å². The second-order valence-corrected chi connectivity index (χ2v) is 4.92. The largest absolute Gasteiger partial charge is 0.497 e. The van der Waals surface area contributed by atoms with Crippen LogP contribution in [0.15, 0.2) is 54.6 Å². The Morgan fingerprint density at radius 1 is 1.10 bits per heavy atom. The van der Waals surface area contributed by atoms with E-state index in [1.54, 1.807) is 7.11 Å². The highest BCUT2D eigenvalue weighted by Gasteiger charge is 2.25. The van der Waals surface area contributed by atoms with Crippen LogP contribution in [0.3, 0.4) is 0 Å². The Kier molecular flexibility index (Phi) is 5.20. The van der Waals surface area contributed by atoms with E-state index in [1.165, 1.54) is 0 Å². The van der Waals surface area contributed by atoms with Crippen molar-refractivity contribution in [1.82, 2.24) is 0 Å². The molecule has 0 saturated heterocycles. The van der Waals surface area contributed by atoms with Gasteiger partial charge in [-0.3, -0.25) is 0 Å². The fraction of sp³-hybridized carbons (Fsp3) is 0.294. The molecule has 112 valence electrons. The quantitative estimate of drug-likeness (QED) is 0.855. The van der Waals surface area contributed by atoms with Gasteiger partial charge in [-0.25, -0.2) is 0 Å². The number of nitrogens with zero attached hydrogens (tertiary/aromatic N) is 1. The van der Waals surface area contributed by atoms with Crippen LogP contribution in [0.1, 0.15) is 11.6 Å². The van der Waals surface area contributed by atoms with Gasteiger partial charge in [-0.05, 0) is 17.7 Å². The summed E-state index contributed by atoms with van der Waals surface area (Å²) in [5.74, 6) is 0.754. The lowest BCUT2D eigenvalue weighted by Gasteiger charge is -2.33. The van der Waals surface area contributed by atoms with Gasteiger partial charge in [0.05, 0.1) is 19.8 Å². The topological polar surface area (TPSA) is 52.9 Å². The Bertz CT molecular complexity index is 559. The van der Waals surface area contributed by atoms with Gasteiger partial charge in [-0.2, -0.15) is 0 Å². The van der Waals surface area contributed by atoms with E-state index < -0.39 is 6.10 Å². The lowest BCUT2D eigenvalue weighted by Crippen LogP contribution is -2.36. The minimum Gasteiger partial charge on any atom is -0.497 e. The van der Waals surface area contributed by atoms with Crippen molar-refractivity contribution in [3.05, 3.63) is 60.2 Å². The molecule has 2 aromatic rings. The molecule has 2 N–H and O–H groups in total. The van der Waals surface area contributed by atoms with Crippen molar-refractivity contribution in [1.29, 1.82) is 0 Å². The third kappa shape index (κ3) is 3.54. The van der Waals surface area contributed by atoms with E-state index in [0.29, 0.717) is 0 Å². The van der Waals surface area contributed by atoms with Crippen LogP contribution in [-0.4, -0.2) is 37.1 Å². The van der Waals surface area contributed by atoms with Gasteiger partial charge in [-0.1, -0.05) is 36.4 Å². The molecule has 0 bridgehead atoms. The molecule has 2 aromatic carbocycles. The van der Waals surface area contributed by atoms with Gasteiger partial charge in [0.25, 0.3) is 0 Å². The van der Waals surface area contributed by atoms with Crippen LogP contribution in [0.4, 0.5) is 5.69 Å². The Balaban J connectivity index is 2.36. The first kappa shape index (κ1) is 15.4. The van der Waals surface area contributed by atoms with Crippen molar-refractivity contribution in [3.8, 4) is 5.75 Å². The number of hydrogen-bond acceptors (Lipinski definition) is 4. The highest BCUT2D eigenvalue weighted by Crippen LogP contribution is 2.30. The molecule has 0 saturated carbocycles. The molecule has 0 aliphatic rings. The zero-order valence-corrected chi connectivity index (χ0v) is 12.3. The zero-order valence-electron chi connectivity index (χ0n) is 12.3. The molecular formula is C17H21NO3. The van der Waals surface area contributed by atoms with Gasteiger partial charge in [0.1, 0.15) is 11.9 Å². The van der Waals surface area contributed by atoms with Crippen LogP contribution in [0.5, 0.6) is 5.75 Å². The third-order valence-electron chi connectivity index (χ3n) is 3.57. The van der Waals surface area contributed by atoms with Crippen LogP contribution in [-0.2, 0) is 0 Å². The minimum atomic E-state index is -0.872. The Morgan fingerprint density at radius 3 is 2.43 bits per heavy atom. The average molecular weight is 287 g/mol. The first-order chi connectivity index (χ1) is 10.2. The van der Waals surface area contributed by atoms with Crippen molar-refractivity contribution >= 4 is 5.69 Å². The predicted octanol–water partition coefficient (Wildman–Crippen LogP) is 2.23. The third-order valence-corrected chi connectivity index (χ3v) is 3.57. The lowest BCUT2D eigenvalue weighted by atomic mass is 9.99. The summed E-state index contributed by atoms with van der Waals surface area (Å²) >= 11 is 0. The van der Waals surface area contributed by atoms with E-state index in [9.17, 15) is 10.2 Å². The summed E-state index contributed by atoms with van der Waals surface area (Å²) in [5, 5.41) is 19.6. The molecular weight excluding hydrogens is 266 g/mol. The normalized spacial score (nSPS) is 13.5. The van der Waals surface area contributed by atoms with Gasteiger partial charge in [0.2, 0.25) is 0 Å². The molecule has 0 aliphatic carbocycles. The molecule has 0 unspecified atom stereocenters. The Hall–Kier alpha value is -2.04. The summed E-state index contributed by atoms with van der Waals surface area (Å²) in [5.41, 5.74) is 1.86. The smallest absolute Gasteiger partial charge is 0.120 e. The number of hydrogen-bond donors (Lipinski definition) is 2. The highest BCUT2D eigenvalue weighted by molar-refractivity contribution is 5.52. The van der Waals surface area contributed by atoms with Crippen LogP contribution in [0.2, 0.25) is 0 Å². The standard InChI is InChI=1S/C17H21NO3/c1-18(14-9-6-10-15(11-14)21-2)17(16(20)12-19)13-7-4-3-5-8-13/h3-11,16-17,19-20H,12H2,1-2H3/t16-,17+/m0/s1. The maximum atomic E-state index is 10.2. The molecule has 21 heavy (non-hydrogen) atoms. The predicted molar refractivity (Wildman–Crippen MR) is 83.7 cm³/mol. The van der Waals surface area contributed by atoms with Gasteiger partial charge >= 0.3 is 0 Å². The summed E-state index contributed by atoms with van der Waals surface area (Å²) in [7, 11) is 3.52. The zero-order chi connectivity index (χ0) is 15.2. The molecule has 0 heterocycles. The number of ether oxygens (including phenoxy) is 1. The second-order valence-electron chi connectivity index (χ2n) is 4.92. The number of aliphatic hydroxyl groups excluding tert-OH is 2. The van der Waals surface area contributed by atoms with Crippen molar-refractivity contribution in [2.75, 3.05) is 25.7 Å². The monoisotopic (exact) mass is 287 g/mol. The van der Waals surface area contributed by atoms with Crippen molar-refractivity contribution in [3.63, 3.8) is 0 Å². The number of aliphatic hydroxyl groups is 2. The summed E-state index contributed by atoms with van der Waals surface area (Å²) in [6.45, 7) is -0.298. The van der Waals surface area contributed by atoms with Gasteiger partial charge in [-0.15, -0.1) is 0 Å². The van der Waals surface area contributed by atoms with E-state index in [4.69, 9.17) is 4.74 Å². The van der Waals surface area contributed by atoms with E-state index in [2.05, 4.69) is 0 Å². The number of methoxy groups -OCH3 is 1. The first-order valence-corrected chi connectivity index (χ1v) is 6.88. The number of anilines is 1. The van der Waals surface area contributed by atoms with Crippen LogP contribution < -0.4 is 9.64 Å². The average Bonchev–Trinajstić information content (AvgIpc) is 2.55. The molecule has 0 fully saturated rings. The summed E-state index contributed by atoms with van der Waals surface area (Å²) in [6.07, 6.45) is -0.872. The van der Waals surface area contributed by atoms with Crippen molar-refractivity contribution < 1.29 is 14.9 Å². The van der Waals surface area contributed by atoms with E-state index in [1.807, 2.05) is 66.5 Å². The fourth-order valence-corrected chi connectivity index (χ4v) is 2.44. The molecule has 4 nitrogen and oxygen atoms in total. The summed E-state index contributed by atoms with van der Waals surface area (Å²) in [4.78, 5) is 1.94. The van der Waals surface area contributed by atoms with Gasteiger partial charge in [0.15, 0.2) is 0 Å². The minimum absolute atomic E-state index is 0.298. The maximum absolute atomic E-state index is 10.2. The second kappa shape index (κ2) is 7.11. The van der Waals surface area contributed by atoms with Crippen molar-refractivity contribution in [2.24, 2.45) is 0 Å². The van der Waals surface area contributed by atoms with E-state index in [-0.39, 0.29) is 12.6 Å². The van der Waals surface area contributed by atoms with Crippen LogP contribution in [0.25, 0.3) is 0 Å². The summed E-state index contributed by atoms with van der Waals surface area (Å²) in [6, 6.07) is 17.0. The SMILES string of the molecule is COc1cccc(N(C)[C@H](c2ccccc2)[C@@H](O)CO)c1. The Morgan fingerprint density at radius 2 is 1.81 bits per heavy atom. The summed E-state index contributed by atoms with van der Waals surface area (Å²) < 4.78 is 5.24. The molecule has 2 rings (SSSR count).